The Balaban J connectivity index is 1.46. The van der Waals surface area contributed by atoms with Crippen molar-refractivity contribution in [3.8, 4) is 0 Å². The first kappa shape index (κ1) is 23.6. The maximum atomic E-state index is 14.4. The summed E-state index contributed by atoms with van der Waals surface area (Å²) in [5, 5.41) is 0. The number of Topliss-reactive ketones (excluding diaryl/α,β-unsaturated/α-hetero) is 1. The topological polar surface area (TPSA) is 72.9 Å². The Bertz CT molecular complexity index is 1130. The van der Waals surface area contributed by atoms with Gasteiger partial charge in [0, 0.05) is 36.1 Å². The molecule has 7 rings (SSSR count). The molecule has 2 saturated carbocycles. The molecule has 6 nitrogen and oxygen atoms in total. The Hall–Kier alpha value is -1.53. The van der Waals surface area contributed by atoms with Crippen molar-refractivity contribution in [1.82, 2.24) is 4.90 Å². The van der Waals surface area contributed by atoms with Crippen molar-refractivity contribution < 1.29 is 23.9 Å². The molecule has 4 heterocycles. The van der Waals surface area contributed by atoms with Gasteiger partial charge in [-0.3, -0.25) is 14.4 Å². The van der Waals surface area contributed by atoms with Crippen LogP contribution in [0.1, 0.15) is 86.5 Å². The fraction of sp³-hybridized carbons (Fsp3) is 0.833. The summed E-state index contributed by atoms with van der Waals surface area (Å²) in [5.41, 5.74) is -1.44. The van der Waals surface area contributed by atoms with Crippen LogP contribution in [-0.4, -0.2) is 46.5 Å². The van der Waals surface area contributed by atoms with Crippen molar-refractivity contribution >= 4 is 17.5 Å². The van der Waals surface area contributed by atoms with Gasteiger partial charge in [-0.2, -0.15) is 0 Å². The number of nitrogens with zero attached hydrogens (tertiary/aromatic N) is 1. The van der Waals surface area contributed by atoms with Crippen LogP contribution < -0.4 is 0 Å². The quantitative estimate of drug-likeness (QED) is 0.455. The number of hydrogen-bond acceptors (Lipinski definition) is 6. The molecule has 11 atom stereocenters. The van der Waals surface area contributed by atoms with Crippen LogP contribution in [0.4, 0.5) is 0 Å². The van der Waals surface area contributed by atoms with Crippen molar-refractivity contribution in [3.63, 3.8) is 0 Å². The third kappa shape index (κ3) is 2.41. The van der Waals surface area contributed by atoms with Gasteiger partial charge in [-0.15, -0.1) is 0 Å². The minimum Gasteiger partial charge on any atom is -0.443 e. The zero-order valence-corrected chi connectivity index (χ0v) is 22.7. The minimum atomic E-state index is -0.817. The van der Waals surface area contributed by atoms with Crippen LogP contribution in [0.25, 0.3) is 0 Å². The molecule has 0 aromatic rings. The predicted molar refractivity (Wildman–Crippen MR) is 132 cm³/mol. The predicted octanol–water partition coefficient (Wildman–Crippen LogP) is 4.66. The molecule has 4 aliphatic heterocycles. The third-order valence-electron chi connectivity index (χ3n) is 12.7. The van der Waals surface area contributed by atoms with Crippen LogP contribution in [0.5, 0.6) is 0 Å². The Kier molecular flexibility index (Phi) is 4.40. The summed E-state index contributed by atoms with van der Waals surface area (Å²) >= 11 is 0. The second-order valence-corrected chi connectivity index (χ2v) is 14.6. The molecule has 4 bridgehead atoms. The lowest BCUT2D eigenvalue weighted by Gasteiger charge is -2.76. The number of hydrogen-bond donors (Lipinski definition) is 0. The highest BCUT2D eigenvalue weighted by atomic mass is 16.6. The zero-order valence-electron chi connectivity index (χ0n) is 22.7. The number of rotatable bonds is 0. The first-order valence-electron chi connectivity index (χ1n) is 14.2. The number of ether oxygens (including phenoxy) is 2. The van der Waals surface area contributed by atoms with Crippen LogP contribution in [0.2, 0.25) is 0 Å². The largest absolute Gasteiger partial charge is 0.443 e. The number of ketones is 2. The average molecular weight is 496 g/mol. The number of carbonyl (C=O) groups excluding carboxylic acids is 3. The molecule has 196 valence electrons. The Morgan fingerprint density at radius 3 is 2.58 bits per heavy atom. The van der Waals surface area contributed by atoms with Gasteiger partial charge >= 0.3 is 5.97 Å². The summed E-state index contributed by atoms with van der Waals surface area (Å²) in [4.78, 5) is 43.7. The fourth-order valence-electron chi connectivity index (χ4n) is 11.3. The smallest absolute Gasteiger partial charge is 0.308 e. The van der Waals surface area contributed by atoms with E-state index in [1.54, 1.807) is 6.08 Å². The molecule has 6 fully saturated rings. The molecule has 1 spiro atoms. The monoisotopic (exact) mass is 495 g/mol. The van der Waals surface area contributed by atoms with Gasteiger partial charge in [0.25, 0.3) is 0 Å². The molecular formula is C30H41NO5. The lowest BCUT2D eigenvalue weighted by Crippen LogP contribution is -2.83. The molecule has 0 aromatic carbocycles. The van der Waals surface area contributed by atoms with Gasteiger partial charge in [-0.05, 0) is 67.8 Å². The van der Waals surface area contributed by atoms with Crippen molar-refractivity contribution in [2.75, 3.05) is 6.54 Å². The van der Waals surface area contributed by atoms with Crippen molar-refractivity contribution in [1.29, 1.82) is 0 Å². The zero-order chi connectivity index (χ0) is 25.6. The van der Waals surface area contributed by atoms with Gasteiger partial charge < -0.3 is 9.47 Å². The van der Waals surface area contributed by atoms with E-state index < -0.39 is 22.3 Å². The summed E-state index contributed by atoms with van der Waals surface area (Å²) < 4.78 is 13.4. The van der Waals surface area contributed by atoms with Crippen molar-refractivity contribution in [3.05, 3.63) is 11.6 Å². The van der Waals surface area contributed by atoms with Gasteiger partial charge in [0.05, 0.1) is 12.5 Å². The van der Waals surface area contributed by atoms with E-state index in [1.807, 2.05) is 6.92 Å². The van der Waals surface area contributed by atoms with Gasteiger partial charge in [0.1, 0.15) is 11.5 Å². The molecule has 36 heavy (non-hydrogen) atoms. The van der Waals surface area contributed by atoms with E-state index in [2.05, 4.69) is 39.5 Å². The third-order valence-corrected chi connectivity index (χ3v) is 12.7. The summed E-state index contributed by atoms with van der Waals surface area (Å²) in [6, 6.07) is 0. The summed E-state index contributed by atoms with van der Waals surface area (Å²) in [7, 11) is 0. The fourth-order valence-corrected chi connectivity index (χ4v) is 11.3. The number of fused-ring (bicyclic) bond motifs is 5. The van der Waals surface area contributed by atoms with Crippen molar-refractivity contribution in [2.24, 2.45) is 45.8 Å². The van der Waals surface area contributed by atoms with E-state index in [0.29, 0.717) is 12.3 Å². The average Bonchev–Trinajstić information content (AvgIpc) is 3.04. The molecule has 0 radical (unpaired) electrons. The Morgan fingerprint density at radius 2 is 1.83 bits per heavy atom. The van der Waals surface area contributed by atoms with Crippen LogP contribution >= 0.6 is 0 Å². The second kappa shape index (κ2) is 6.72. The van der Waals surface area contributed by atoms with Crippen LogP contribution in [-0.2, 0) is 23.9 Å². The highest BCUT2D eigenvalue weighted by Gasteiger charge is 2.82. The van der Waals surface area contributed by atoms with E-state index in [9.17, 15) is 14.4 Å². The van der Waals surface area contributed by atoms with E-state index >= 15 is 0 Å². The van der Waals surface area contributed by atoms with E-state index in [-0.39, 0.29) is 59.1 Å². The van der Waals surface area contributed by atoms with Gasteiger partial charge in [-0.25, -0.2) is 4.90 Å². The molecule has 8 unspecified atom stereocenters. The molecule has 4 saturated heterocycles. The number of allylic oxidation sites excluding steroid dienone is 2. The first-order chi connectivity index (χ1) is 16.8. The number of carbonyl (C=O) groups is 3. The molecular weight excluding hydrogens is 454 g/mol. The first-order valence-corrected chi connectivity index (χ1v) is 14.2. The number of esters is 1. The van der Waals surface area contributed by atoms with Crippen molar-refractivity contribution in [2.45, 2.75) is 104 Å². The molecule has 3 aliphatic carbocycles. The summed E-state index contributed by atoms with van der Waals surface area (Å²) in [6.07, 6.45) is 7.43. The normalized spacial score (nSPS) is 57.7. The standard InChI is InChI=1S/C30H41NO5/c1-16-10-20-23(21(32)11-16)18(3)24(34)25-26(20,4)15-30-28(6,27(25,5)13-22(33)36-30)7-8-29-12-17(2)9-19(35-29)14-31(29)30/h11,17-20,23,25H,7-10,12-15H2,1-6H3/t17-,18?,19-,20+,23?,25?,26?,27?,28?,29?,30?/m0/s1. The molecule has 7 aliphatic rings. The molecule has 0 amide bonds. The Morgan fingerprint density at radius 1 is 1.08 bits per heavy atom. The highest BCUT2D eigenvalue weighted by Crippen LogP contribution is 2.78. The maximum absolute atomic E-state index is 14.4. The maximum Gasteiger partial charge on any atom is 0.308 e. The molecule has 0 N–H and O–H groups in total. The van der Waals surface area contributed by atoms with E-state index in [0.717, 1.165) is 44.2 Å². The van der Waals surface area contributed by atoms with E-state index in [1.165, 1.54) is 0 Å². The summed E-state index contributed by atoms with van der Waals surface area (Å²) in [6.45, 7) is 13.9. The molecule has 6 heteroatoms. The highest BCUT2D eigenvalue weighted by molar-refractivity contribution is 6.00. The lowest BCUT2D eigenvalue weighted by molar-refractivity contribution is -0.379. The Labute approximate surface area is 214 Å². The number of piperidine rings is 1. The second-order valence-electron chi connectivity index (χ2n) is 14.6. The van der Waals surface area contributed by atoms with Gasteiger partial charge in [0.2, 0.25) is 0 Å². The molecule has 0 aromatic heterocycles. The SMILES string of the molecule is CC1=CC(=O)C2C(C)C(=O)C3C(C)(CC45OC(=O)CC3(C)C4(C)CCC34C[C@@H](C)C[C@@H](CN35)O4)[C@@H]2C1. The van der Waals surface area contributed by atoms with Crippen LogP contribution in [0.3, 0.4) is 0 Å². The van der Waals surface area contributed by atoms with Crippen LogP contribution in [0, 0.1) is 45.8 Å². The van der Waals surface area contributed by atoms with Gasteiger partial charge in [0.15, 0.2) is 11.5 Å². The summed E-state index contributed by atoms with van der Waals surface area (Å²) in [5.74, 6) is -0.101. The van der Waals surface area contributed by atoms with Crippen LogP contribution in [0.15, 0.2) is 11.6 Å². The minimum absolute atomic E-state index is 0.0740. The van der Waals surface area contributed by atoms with Gasteiger partial charge in [-0.1, -0.05) is 40.2 Å². The van der Waals surface area contributed by atoms with E-state index in [4.69, 9.17) is 9.47 Å². The lowest BCUT2D eigenvalue weighted by atomic mass is 9.33.